The first-order chi connectivity index (χ1) is 10.2. The first-order valence-electron chi connectivity index (χ1n) is 7.22. The number of aromatic nitrogens is 1. The molecule has 0 saturated heterocycles. The van der Waals surface area contributed by atoms with E-state index in [1.165, 1.54) is 0 Å². The van der Waals surface area contributed by atoms with Gasteiger partial charge in [0.2, 0.25) is 5.91 Å². The Morgan fingerprint density at radius 3 is 2.86 bits per heavy atom. The van der Waals surface area contributed by atoms with E-state index in [0.29, 0.717) is 23.0 Å². The van der Waals surface area contributed by atoms with Gasteiger partial charge >= 0.3 is 0 Å². The molecule has 1 saturated carbocycles. The summed E-state index contributed by atoms with van der Waals surface area (Å²) in [5.41, 5.74) is 1.52. The number of nitrogens with one attached hydrogen (secondary N) is 1. The molecule has 0 bridgehead atoms. The minimum atomic E-state index is 0.114. The van der Waals surface area contributed by atoms with E-state index in [1.54, 1.807) is 0 Å². The molecular formula is C16H17ClN2O2. The maximum Gasteiger partial charge on any atom is 0.223 e. The lowest BCUT2D eigenvalue weighted by Gasteiger charge is -2.08. The third-order valence-electron chi connectivity index (χ3n) is 3.87. The summed E-state index contributed by atoms with van der Waals surface area (Å²) in [7, 11) is 0. The van der Waals surface area contributed by atoms with Crippen LogP contribution < -0.4 is 5.32 Å². The number of amides is 1. The van der Waals surface area contributed by atoms with Crippen LogP contribution in [-0.4, -0.2) is 11.1 Å². The second-order valence-corrected chi connectivity index (χ2v) is 5.76. The lowest BCUT2D eigenvalue weighted by Crippen LogP contribution is -2.28. The normalized spacial score (nSPS) is 15.3. The number of hydrogen-bond acceptors (Lipinski definition) is 3. The van der Waals surface area contributed by atoms with Crippen LogP contribution in [0.2, 0.25) is 5.02 Å². The molecule has 1 heterocycles. The van der Waals surface area contributed by atoms with Crippen molar-refractivity contribution in [2.45, 2.75) is 32.2 Å². The molecule has 0 spiro atoms. The van der Waals surface area contributed by atoms with Gasteiger partial charge in [-0.15, -0.1) is 0 Å². The number of halogens is 1. The summed E-state index contributed by atoms with van der Waals surface area (Å²) in [4.78, 5) is 12.0. The van der Waals surface area contributed by atoms with E-state index in [0.717, 1.165) is 31.2 Å². The Labute approximate surface area is 128 Å². The summed E-state index contributed by atoms with van der Waals surface area (Å²) in [6, 6.07) is 9.29. The fourth-order valence-corrected chi connectivity index (χ4v) is 2.93. The molecule has 1 amide bonds. The minimum absolute atomic E-state index is 0.114. The molecule has 1 aromatic heterocycles. The predicted octanol–water partition coefficient (Wildman–Crippen LogP) is 3.80. The Hall–Kier alpha value is -1.81. The van der Waals surface area contributed by atoms with Crippen LogP contribution in [0.1, 0.15) is 31.4 Å². The van der Waals surface area contributed by atoms with Gasteiger partial charge in [-0.25, -0.2) is 0 Å². The Kier molecular flexibility index (Phi) is 4.25. The van der Waals surface area contributed by atoms with Crippen molar-refractivity contribution in [1.82, 2.24) is 10.5 Å². The van der Waals surface area contributed by atoms with Gasteiger partial charge in [0, 0.05) is 17.5 Å². The maximum atomic E-state index is 12.0. The fourth-order valence-electron chi connectivity index (χ4n) is 2.70. The van der Waals surface area contributed by atoms with Gasteiger partial charge in [-0.3, -0.25) is 4.79 Å². The average molecular weight is 305 g/mol. The van der Waals surface area contributed by atoms with Gasteiger partial charge in [-0.05, 0) is 18.9 Å². The standard InChI is InChI=1S/C16H17ClN2O2/c17-14-8-4-3-7-13(14)15-9-12(21-19-15)10-18-16(20)11-5-1-2-6-11/h3-4,7-9,11H,1-2,5-6,10H2,(H,18,20). The van der Waals surface area contributed by atoms with Crippen molar-refractivity contribution in [2.24, 2.45) is 5.92 Å². The van der Waals surface area contributed by atoms with Gasteiger partial charge < -0.3 is 9.84 Å². The fraction of sp³-hybridized carbons (Fsp3) is 0.375. The van der Waals surface area contributed by atoms with Crippen molar-refractivity contribution in [3.63, 3.8) is 0 Å². The van der Waals surface area contributed by atoms with Crippen LogP contribution >= 0.6 is 11.6 Å². The van der Waals surface area contributed by atoms with Crippen molar-refractivity contribution in [1.29, 1.82) is 0 Å². The molecule has 21 heavy (non-hydrogen) atoms. The molecule has 5 heteroatoms. The smallest absolute Gasteiger partial charge is 0.223 e. The van der Waals surface area contributed by atoms with Gasteiger partial charge in [0.25, 0.3) is 0 Å². The first kappa shape index (κ1) is 14.1. The van der Waals surface area contributed by atoms with Crippen molar-refractivity contribution < 1.29 is 9.32 Å². The lowest BCUT2D eigenvalue weighted by molar-refractivity contribution is -0.125. The number of carbonyl (C=O) groups is 1. The highest BCUT2D eigenvalue weighted by atomic mass is 35.5. The topological polar surface area (TPSA) is 55.1 Å². The predicted molar refractivity (Wildman–Crippen MR) is 80.8 cm³/mol. The number of carbonyl (C=O) groups excluding carboxylic acids is 1. The van der Waals surface area contributed by atoms with E-state index >= 15 is 0 Å². The maximum absolute atomic E-state index is 12.0. The molecule has 1 aliphatic rings. The summed E-state index contributed by atoms with van der Waals surface area (Å²) >= 11 is 6.13. The van der Waals surface area contributed by atoms with E-state index in [9.17, 15) is 4.79 Å². The number of nitrogens with zero attached hydrogens (tertiary/aromatic N) is 1. The molecule has 2 aromatic rings. The molecule has 1 aliphatic carbocycles. The van der Waals surface area contributed by atoms with E-state index < -0.39 is 0 Å². The second kappa shape index (κ2) is 6.31. The molecule has 110 valence electrons. The third kappa shape index (κ3) is 3.27. The summed E-state index contributed by atoms with van der Waals surface area (Å²) < 4.78 is 5.26. The van der Waals surface area contributed by atoms with E-state index in [2.05, 4.69) is 10.5 Å². The van der Waals surface area contributed by atoms with Crippen molar-refractivity contribution in [2.75, 3.05) is 0 Å². The van der Waals surface area contributed by atoms with Gasteiger partial charge in [0.15, 0.2) is 5.76 Å². The average Bonchev–Trinajstić information content (AvgIpc) is 3.17. The van der Waals surface area contributed by atoms with Crippen LogP contribution in [0.5, 0.6) is 0 Å². The third-order valence-corrected chi connectivity index (χ3v) is 4.20. The van der Waals surface area contributed by atoms with E-state index in [4.69, 9.17) is 16.1 Å². The zero-order chi connectivity index (χ0) is 14.7. The second-order valence-electron chi connectivity index (χ2n) is 5.36. The zero-order valence-corrected chi connectivity index (χ0v) is 12.4. The van der Waals surface area contributed by atoms with Crippen molar-refractivity contribution in [3.8, 4) is 11.3 Å². The van der Waals surface area contributed by atoms with Gasteiger partial charge in [-0.2, -0.15) is 0 Å². The van der Waals surface area contributed by atoms with Gasteiger partial charge in [0.1, 0.15) is 5.69 Å². The van der Waals surface area contributed by atoms with Crippen LogP contribution in [0.25, 0.3) is 11.3 Å². The number of benzene rings is 1. The Morgan fingerprint density at radius 1 is 1.33 bits per heavy atom. The number of hydrogen-bond donors (Lipinski definition) is 1. The Balaban J connectivity index is 1.63. The highest BCUT2D eigenvalue weighted by molar-refractivity contribution is 6.33. The van der Waals surface area contributed by atoms with E-state index in [1.807, 2.05) is 30.3 Å². The SMILES string of the molecule is O=C(NCc1cc(-c2ccccc2Cl)no1)C1CCCC1. The zero-order valence-electron chi connectivity index (χ0n) is 11.6. The van der Waals surface area contributed by atoms with Crippen LogP contribution in [0.15, 0.2) is 34.9 Å². The summed E-state index contributed by atoms with van der Waals surface area (Å²) in [5.74, 6) is 0.912. The van der Waals surface area contributed by atoms with Crippen LogP contribution in [0.4, 0.5) is 0 Å². The Morgan fingerprint density at radius 2 is 2.10 bits per heavy atom. The quantitative estimate of drug-likeness (QED) is 0.934. The molecule has 0 unspecified atom stereocenters. The van der Waals surface area contributed by atoms with Gasteiger partial charge in [-0.1, -0.05) is 47.8 Å². The molecule has 0 atom stereocenters. The van der Waals surface area contributed by atoms with Crippen molar-refractivity contribution in [3.05, 3.63) is 41.1 Å². The highest BCUT2D eigenvalue weighted by Gasteiger charge is 2.22. The number of rotatable bonds is 4. The van der Waals surface area contributed by atoms with Crippen LogP contribution in [0, 0.1) is 5.92 Å². The summed E-state index contributed by atoms with van der Waals surface area (Å²) in [5, 5.41) is 7.56. The molecule has 0 radical (unpaired) electrons. The summed E-state index contributed by atoms with van der Waals surface area (Å²) in [6.45, 7) is 0.368. The molecule has 0 aliphatic heterocycles. The first-order valence-corrected chi connectivity index (χ1v) is 7.60. The monoisotopic (exact) mass is 304 g/mol. The van der Waals surface area contributed by atoms with Crippen LogP contribution in [0.3, 0.4) is 0 Å². The molecule has 3 rings (SSSR count). The van der Waals surface area contributed by atoms with E-state index in [-0.39, 0.29) is 11.8 Å². The Bertz CT molecular complexity index is 633. The largest absolute Gasteiger partial charge is 0.359 e. The molecular weight excluding hydrogens is 288 g/mol. The highest BCUT2D eigenvalue weighted by Crippen LogP contribution is 2.27. The molecule has 4 nitrogen and oxygen atoms in total. The van der Waals surface area contributed by atoms with Gasteiger partial charge in [0.05, 0.1) is 11.6 Å². The summed E-state index contributed by atoms with van der Waals surface area (Å²) in [6.07, 6.45) is 4.29. The minimum Gasteiger partial charge on any atom is -0.359 e. The molecule has 1 fully saturated rings. The van der Waals surface area contributed by atoms with Crippen molar-refractivity contribution >= 4 is 17.5 Å². The lowest BCUT2D eigenvalue weighted by atomic mass is 10.1. The molecule has 1 aromatic carbocycles. The molecule has 1 N–H and O–H groups in total. The van der Waals surface area contributed by atoms with Crippen LogP contribution in [-0.2, 0) is 11.3 Å².